The number of benzene rings is 1. The van der Waals surface area contributed by atoms with Crippen LogP contribution in [0.4, 0.5) is 18.9 Å². The Balaban J connectivity index is 1.52. The third-order valence-corrected chi connectivity index (χ3v) is 8.22. The van der Waals surface area contributed by atoms with E-state index in [1.807, 2.05) is 0 Å². The molecule has 0 amide bonds. The van der Waals surface area contributed by atoms with Gasteiger partial charge in [-0.05, 0) is 49.4 Å². The van der Waals surface area contributed by atoms with Crippen LogP contribution in [0.15, 0.2) is 35.4 Å². The number of ketones is 1. The largest absolute Gasteiger partial charge is 0.387 e. The molecule has 1 aromatic carbocycles. The van der Waals surface area contributed by atoms with E-state index in [1.54, 1.807) is 6.20 Å². The molecule has 5 rings (SSSR count). The van der Waals surface area contributed by atoms with Crippen LogP contribution in [0.2, 0.25) is 0 Å². The minimum atomic E-state index is -1.65. The van der Waals surface area contributed by atoms with Gasteiger partial charge in [-0.2, -0.15) is 0 Å². The second-order valence-corrected chi connectivity index (χ2v) is 11.8. The summed E-state index contributed by atoms with van der Waals surface area (Å²) in [5, 5.41) is 10.4. The number of carbonyl (C=O) groups is 1. The lowest BCUT2D eigenvalue weighted by atomic mass is 9.93. The fourth-order valence-electron chi connectivity index (χ4n) is 5.64. The molecular weight excluding hydrogens is 529 g/mol. The van der Waals surface area contributed by atoms with E-state index in [0.29, 0.717) is 36.6 Å². The Morgan fingerprint density at radius 2 is 1.90 bits per heavy atom. The van der Waals surface area contributed by atoms with Gasteiger partial charge in [0.15, 0.2) is 5.78 Å². The number of hydrogen-bond acceptors (Lipinski definition) is 7. The molecule has 3 aromatic rings. The summed E-state index contributed by atoms with van der Waals surface area (Å²) < 4.78 is 55.9. The van der Waals surface area contributed by atoms with Crippen molar-refractivity contribution in [3.05, 3.63) is 70.4 Å². The van der Waals surface area contributed by atoms with E-state index >= 15 is 0 Å². The van der Waals surface area contributed by atoms with Gasteiger partial charge in [0.2, 0.25) is 0 Å². The number of aromatic nitrogens is 2. The second-order valence-electron chi connectivity index (χ2n) is 10.4. The van der Waals surface area contributed by atoms with E-state index < -0.39 is 51.4 Å². The smallest absolute Gasteiger partial charge is 0.185 e. The molecule has 1 aliphatic carbocycles. The molecule has 0 saturated carbocycles. The first-order valence-electron chi connectivity index (χ1n) is 12.7. The van der Waals surface area contributed by atoms with Crippen molar-refractivity contribution in [1.82, 2.24) is 9.97 Å². The predicted octanol–water partition coefficient (Wildman–Crippen LogP) is 3.88. The van der Waals surface area contributed by atoms with Crippen LogP contribution in [-0.4, -0.2) is 50.5 Å². The molecule has 2 aliphatic rings. The van der Waals surface area contributed by atoms with Crippen LogP contribution in [0.5, 0.6) is 0 Å². The number of Topliss-reactive ketones (excluding diaryl/α,β-unsaturated/α-hetero) is 1. The van der Waals surface area contributed by atoms with Crippen LogP contribution >= 0.6 is 0 Å². The van der Waals surface area contributed by atoms with E-state index in [2.05, 4.69) is 21.8 Å². The number of aliphatic hydroxyl groups is 1. The SMILES string of the molecule is C[C@@H]1C[C@H](N)CN(c2c(CC(=O)c3ccc(F)c(-c4c(F)cc(S(C)=O)cc4F)n3)cnc3c2CCC3O)C1. The van der Waals surface area contributed by atoms with Gasteiger partial charge < -0.3 is 15.7 Å². The number of halogens is 3. The topological polar surface area (TPSA) is 109 Å². The van der Waals surface area contributed by atoms with Crippen molar-refractivity contribution in [3.63, 3.8) is 0 Å². The summed E-state index contributed by atoms with van der Waals surface area (Å²) in [6.45, 7) is 3.44. The van der Waals surface area contributed by atoms with Gasteiger partial charge in [0.05, 0.1) is 17.4 Å². The van der Waals surface area contributed by atoms with Crippen LogP contribution < -0.4 is 10.6 Å². The van der Waals surface area contributed by atoms with E-state index in [-0.39, 0.29) is 23.1 Å². The number of nitrogens with zero attached hydrogens (tertiary/aromatic N) is 3. The van der Waals surface area contributed by atoms with Gasteiger partial charge >= 0.3 is 0 Å². The Bertz CT molecular complexity index is 1450. The van der Waals surface area contributed by atoms with Crippen molar-refractivity contribution in [1.29, 1.82) is 0 Å². The molecule has 1 fully saturated rings. The van der Waals surface area contributed by atoms with Crippen molar-refractivity contribution >= 4 is 22.3 Å². The lowest BCUT2D eigenvalue weighted by Gasteiger charge is -2.38. The minimum absolute atomic E-state index is 0.0462. The quantitative estimate of drug-likeness (QED) is 0.442. The van der Waals surface area contributed by atoms with E-state index in [9.17, 15) is 27.3 Å². The highest BCUT2D eigenvalue weighted by Crippen LogP contribution is 2.40. The Kier molecular flexibility index (Phi) is 7.58. The second kappa shape index (κ2) is 10.8. The van der Waals surface area contributed by atoms with Gasteiger partial charge in [-0.3, -0.25) is 14.0 Å². The molecule has 2 aromatic heterocycles. The number of hydrogen-bond donors (Lipinski definition) is 2. The van der Waals surface area contributed by atoms with Crippen molar-refractivity contribution in [2.75, 3.05) is 24.2 Å². The molecule has 1 saturated heterocycles. The molecule has 39 heavy (non-hydrogen) atoms. The Morgan fingerprint density at radius 3 is 2.56 bits per heavy atom. The zero-order valence-corrected chi connectivity index (χ0v) is 22.4. The number of carbonyl (C=O) groups excluding carboxylic acids is 1. The Labute approximate surface area is 226 Å². The Hall–Kier alpha value is -3.15. The monoisotopic (exact) mass is 558 g/mol. The number of rotatable bonds is 6. The molecule has 4 atom stereocenters. The van der Waals surface area contributed by atoms with Crippen LogP contribution in [0.1, 0.15) is 53.2 Å². The maximum absolute atomic E-state index is 14.8. The molecule has 3 heterocycles. The molecular formula is C28H29F3N4O3S. The Morgan fingerprint density at radius 1 is 1.18 bits per heavy atom. The van der Waals surface area contributed by atoms with E-state index in [1.165, 1.54) is 12.3 Å². The highest BCUT2D eigenvalue weighted by atomic mass is 32.2. The lowest BCUT2D eigenvalue weighted by Crippen LogP contribution is -2.47. The van der Waals surface area contributed by atoms with Crippen LogP contribution in [0, 0.1) is 23.4 Å². The van der Waals surface area contributed by atoms with Crippen LogP contribution in [0.3, 0.4) is 0 Å². The maximum Gasteiger partial charge on any atom is 0.185 e. The molecule has 2 unspecified atom stereocenters. The summed E-state index contributed by atoms with van der Waals surface area (Å²) in [6, 6.07) is 3.81. The number of aliphatic hydroxyl groups excluding tert-OH is 1. The zero-order chi connectivity index (χ0) is 28.0. The van der Waals surface area contributed by atoms with Crippen LogP contribution in [0.25, 0.3) is 11.3 Å². The first-order valence-corrected chi connectivity index (χ1v) is 14.3. The summed E-state index contributed by atoms with van der Waals surface area (Å²) in [7, 11) is -1.65. The number of nitrogens with two attached hydrogens (primary N) is 1. The zero-order valence-electron chi connectivity index (χ0n) is 21.6. The highest BCUT2D eigenvalue weighted by Gasteiger charge is 2.32. The molecule has 0 spiro atoms. The standard InChI is InChI=1S/C28H29F3N4O3S/c1-14-7-16(32)13-35(12-14)28-15(11-33-26-18(28)3-6-23(26)36)8-24(37)22-5-4-19(29)27(34-22)25-20(30)9-17(39(2)38)10-21(25)31/h4-5,9-11,14,16,23,36H,3,6-8,12-13,32H2,1-2H3/t14-,16+,23?,39?/m1/s1. The molecule has 206 valence electrons. The molecule has 3 N–H and O–H groups in total. The average Bonchev–Trinajstić information content (AvgIpc) is 3.24. The summed E-state index contributed by atoms with van der Waals surface area (Å²) in [5.74, 6) is -3.42. The summed E-state index contributed by atoms with van der Waals surface area (Å²) in [4.78, 5) is 23.9. The summed E-state index contributed by atoms with van der Waals surface area (Å²) in [6.07, 6.45) is 4.05. The van der Waals surface area contributed by atoms with Gasteiger partial charge in [-0.15, -0.1) is 0 Å². The summed E-state index contributed by atoms with van der Waals surface area (Å²) >= 11 is 0. The number of pyridine rings is 2. The lowest BCUT2D eigenvalue weighted by molar-refractivity contribution is 0.0988. The van der Waals surface area contributed by atoms with E-state index in [4.69, 9.17) is 5.73 Å². The maximum atomic E-state index is 14.8. The third-order valence-electron chi connectivity index (χ3n) is 7.32. The van der Waals surface area contributed by atoms with Gasteiger partial charge in [-0.1, -0.05) is 6.92 Å². The predicted molar refractivity (Wildman–Crippen MR) is 141 cm³/mol. The average molecular weight is 559 g/mol. The molecule has 0 bridgehead atoms. The van der Waals surface area contributed by atoms with Crippen molar-refractivity contribution < 1.29 is 27.3 Å². The number of piperidine rings is 1. The fraction of sp³-hybridized carbons (Fsp3) is 0.393. The highest BCUT2D eigenvalue weighted by molar-refractivity contribution is 7.84. The first kappa shape index (κ1) is 27.4. The number of fused-ring (bicyclic) bond motifs is 1. The first-order chi connectivity index (χ1) is 18.5. The van der Waals surface area contributed by atoms with Gasteiger partial charge in [0.25, 0.3) is 0 Å². The fourth-order valence-corrected chi connectivity index (χ4v) is 6.18. The van der Waals surface area contributed by atoms with Crippen molar-refractivity contribution in [2.45, 2.75) is 49.6 Å². The summed E-state index contributed by atoms with van der Waals surface area (Å²) in [5.41, 5.74) is 7.70. The normalized spacial score (nSPS) is 21.6. The number of anilines is 1. The van der Waals surface area contributed by atoms with Crippen molar-refractivity contribution in [3.8, 4) is 11.3 Å². The molecule has 7 nitrogen and oxygen atoms in total. The van der Waals surface area contributed by atoms with Crippen LogP contribution in [-0.2, 0) is 23.6 Å². The minimum Gasteiger partial charge on any atom is -0.387 e. The van der Waals surface area contributed by atoms with E-state index in [0.717, 1.165) is 42.4 Å². The van der Waals surface area contributed by atoms with Gasteiger partial charge in [0.1, 0.15) is 28.8 Å². The molecule has 11 heteroatoms. The van der Waals surface area contributed by atoms with Gasteiger partial charge in [0, 0.05) is 70.5 Å². The third kappa shape index (κ3) is 5.35. The molecule has 1 aliphatic heterocycles. The van der Waals surface area contributed by atoms with Gasteiger partial charge in [-0.25, -0.2) is 18.2 Å². The van der Waals surface area contributed by atoms with Crippen molar-refractivity contribution in [2.24, 2.45) is 11.7 Å². The molecule has 0 radical (unpaired) electrons.